The fraction of sp³-hybridized carbons (Fsp3) is 0.741. The number of rotatable bonds is 14. The molecule has 1 N–H and O–H groups in total. The van der Waals surface area contributed by atoms with Crippen molar-refractivity contribution in [3.8, 4) is 0 Å². The fourth-order valence-electron chi connectivity index (χ4n) is 4.89. The lowest BCUT2D eigenvalue weighted by Crippen LogP contribution is -2.53. The molecule has 9 heteroatoms. The van der Waals surface area contributed by atoms with Crippen LogP contribution in [0.1, 0.15) is 45.4 Å². The molecule has 1 aromatic rings. The molecule has 202 valence electrons. The Kier molecular flexibility index (Phi) is 12.1. The molecule has 0 spiro atoms. The van der Waals surface area contributed by atoms with Crippen LogP contribution in [-0.2, 0) is 13.5 Å². The summed E-state index contributed by atoms with van der Waals surface area (Å²) in [6.45, 7) is 19.2. The van der Waals surface area contributed by atoms with E-state index in [1.807, 2.05) is 24.9 Å². The Bertz CT molecular complexity index is 828. The summed E-state index contributed by atoms with van der Waals surface area (Å²) < 4.78 is 29.0. The topological polar surface area (TPSA) is 39.6 Å². The summed E-state index contributed by atoms with van der Waals surface area (Å²) in [7, 11) is 10.6. The molecular formula is C27H47BF2N6. The Morgan fingerprint density at radius 1 is 1.22 bits per heavy atom. The highest BCUT2D eigenvalue weighted by molar-refractivity contribution is 6.11. The molecule has 2 radical (unpaired) electrons. The van der Waals surface area contributed by atoms with E-state index in [1.165, 1.54) is 11.3 Å². The molecule has 0 bridgehead atoms. The lowest BCUT2D eigenvalue weighted by molar-refractivity contribution is 0.138. The number of hydrogen-bond acceptors (Lipinski definition) is 5. The van der Waals surface area contributed by atoms with Crippen molar-refractivity contribution in [3.05, 3.63) is 41.4 Å². The molecule has 3 atom stereocenters. The van der Waals surface area contributed by atoms with Gasteiger partial charge in [-0.25, -0.2) is 8.78 Å². The van der Waals surface area contributed by atoms with Gasteiger partial charge in [-0.15, -0.1) is 0 Å². The molecule has 2 heterocycles. The van der Waals surface area contributed by atoms with Crippen molar-refractivity contribution in [3.63, 3.8) is 0 Å². The number of aryl methyl sites for hydroxylation is 2. The van der Waals surface area contributed by atoms with Gasteiger partial charge in [0, 0.05) is 75.7 Å². The second-order valence-electron chi connectivity index (χ2n) is 10.6. The molecule has 0 amide bonds. The van der Waals surface area contributed by atoms with E-state index in [9.17, 15) is 8.78 Å². The second-order valence-corrected chi connectivity index (χ2v) is 10.6. The van der Waals surface area contributed by atoms with E-state index in [0.29, 0.717) is 6.54 Å². The van der Waals surface area contributed by atoms with Crippen LogP contribution in [0.2, 0.25) is 0 Å². The van der Waals surface area contributed by atoms with Crippen molar-refractivity contribution in [1.82, 2.24) is 29.8 Å². The van der Waals surface area contributed by atoms with Crippen molar-refractivity contribution in [1.29, 1.82) is 0 Å². The number of allylic oxidation sites excluding steroid dienone is 1. The van der Waals surface area contributed by atoms with Crippen molar-refractivity contribution >= 4 is 7.85 Å². The van der Waals surface area contributed by atoms with E-state index >= 15 is 0 Å². The second kappa shape index (κ2) is 14.3. The molecule has 1 saturated heterocycles. The van der Waals surface area contributed by atoms with Crippen molar-refractivity contribution < 1.29 is 8.78 Å². The predicted molar refractivity (Wildman–Crippen MR) is 147 cm³/mol. The average molecular weight is 505 g/mol. The SMILES string of the molecule is [B]C(CNC(/C=C(\C)N(CCCc1c(C)cnn1C)C(C)C)C(C)C(=C)C(F)F)N1CCN(C)CC1. The lowest BCUT2D eigenvalue weighted by atomic mass is 9.90. The van der Waals surface area contributed by atoms with Crippen LogP contribution >= 0.6 is 0 Å². The van der Waals surface area contributed by atoms with Gasteiger partial charge in [0.1, 0.15) is 0 Å². The first-order valence-electron chi connectivity index (χ1n) is 13.2. The van der Waals surface area contributed by atoms with Gasteiger partial charge in [0.25, 0.3) is 6.43 Å². The van der Waals surface area contributed by atoms with Gasteiger partial charge in [0.15, 0.2) is 0 Å². The summed E-state index contributed by atoms with van der Waals surface area (Å²) in [4.78, 5) is 6.89. The zero-order chi connectivity index (χ0) is 27.0. The Morgan fingerprint density at radius 2 is 1.86 bits per heavy atom. The van der Waals surface area contributed by atoms with Crippen LogP contribution in [0.4, 0.5) is 8.78 Å². The van der Waals surface area contributed by atoms with Crippen LogP contribution in [0.3, 0.4) is 0 Å². The third-order valence-electron chi connectivity index (χ3n) is 7.55. The summed E-state index contributed by atoms with van der Waals surface area (Å²) in [6, 6.07) is 0.00122. The largest absolute Gasteiger partial charge is 0.373 e. The number of hydrogen-bond donors (Lipinski definition) is 1. The fourth-order valence-corrected chi connectivity index (χ4v) is 4.89. The molecule has 1 aliphatic rings. The Hall–Kier alpha value is -1.71. The normalized spacial score (nSPS) is 18.6. The van der Waals surface area contributed by atoms with Crippen molar-refractivity contribution in [2.75, 3.05) is 46.3 Å². The first kappa shape index (κ1) is 30.5. The van der Waals surface area contributed by atoms with Crippen molar-refractivity contribution in [2.45, 2.75) is 71.9 Å². The highest BCUT2D eigenvalue weighted by atomic mass is 19.3. The van der Waals surface area contributed by atoms with E-state index in [4.69, 9.17) is 7.85 Å². The van der Waals surface area contributed by atoms with Crippen LogP contribution in [0, 0.1) is 12.8 Å². The molecular weight excluding hydrogens is 457 g/mol. The Labute approximate surface area is 219 Å². The molecule has 0 aromatic carbocycles. The number of alkyl halides is 2. The van der Waals surface area contributed by atoms with Crippen LogP contribution in [-0.4, -0.2) is 103 Å². The Balaban J connectivity index is 2.10. The molecule has 0 saturated carbocycles. The zero-order valence-electron chi connectivity index (χ0n) is 23.5. The van der Waals surface area contributed by atoms with Crippen molar-refractivity contribution in [2.24, 2.45) is 13.0 Å². The average Bonchev–Trinajstić information content (AvgIpc) is 3.15. The first-order chi connectivity index (χ1) is 16.9. The number of likely N-dealkylation sites (N-methyl/N-ethyl adjacent to an activating group) is 1. The van der Waals surface area contributed by atoms with E-state index in [1.54, 1.807) is 0 Å². The minimum Gasteiger partial charge on any atom is -0.373 e. The number of nitrogens with zero attached hydrogens (tertiary/aromatic N) is 5. The first-order valence-corrected chi connectivity index (χ1v) is 13.2. The third kappa shape index (κ3) is 8.70. The molecule has 0 aliphatic carbocycles. The molecule has 1 aliphatic heterocycles. The summed E-state index contributed by atoms with van der Waals surface area (Å²) in [5.74, 6) is -0.587. The zero-order valence-corrected chi connectivity index (χ0v) is 23.5. The smallest absolute Gasteiger partial charge is 0.259 e. The van der Waals surface area contributed by atoms with Gasteiger partial charge in [-0.3, -0.25) is 4.68 Å². The molecule has 2 rings (SSSR count). The number of piperazine rings is 1. The van der Waals surface area contributed by atoms with E-state index in [-0.39, 0.29) is 23.6 Å². The van der Waals surface area contributed by atoms with E-state index in [2.05, 4.69) is 72.5 Å². The van der Waals surface area contributed by atoms with Gasteiger partial charge in [-0.2, -0.15) is 5.10 Å². The highest BCUT2D eigenvalue weighted by Gasteiger charge is 2.26. The quantitative estimate of drug-likeness (QED) is 0.311. The molecule has 3 unspecified atom stereocenters. The van der Waals surface area contributed by atoms with E-state index < -0.39 is 12.3 Å². The summed E-state index contributed by atoms with van der Waals surface area (Å²) in [5, 5.41) is 7.84. The summed E-state index contributed by atoms with van der Waals surface area (Å²) >= 11 is 0. The van der Waals surface area contributed by atoms with Crippen LogP contribution < -0.4 is 5.32 Å². The Morgan fingerprint density at radius 3 is 2.39 bits per heavy atom. The maximum Gasteiger partial charge on any atom is 0.259 e. The standard InChI is InChI=1S/C27H47BF2N6/c1-19(2)36(11-9-10-25-20(3)17-32-34(25)8)21(4)16-24(22(5)23(6)27(29)30)31-18-26(28)35-14-12-33(7)13-15-35/h16-17,19,22,24,26-27,31H,6,9-15,18H2,1-5,7-8H3/b21-16+. The van der Waals surface area contributed by atoms with Gasteiger partial charge in [0.05, 0.1) is 14.0 Å². The predicted octanol–water partition coefficient (Wildman–Crippen LogP) is 3.43. The number of nitrogens with one attached hydrogen (secondary N) is 1. The van der Waals surface area contributed by atoms with Gasteiger partial charge in [0.2, 0.25) is 0 Å². The van der Waals surface area contributed by atoms with Crippen LogP contribution in [0.5, 0.6) is 0 Å². The van der Waals surface area contributed by atoms with Crippen LogP contribution in [0.15, 0.2) is 30.1 Å². The van der Waals surface area contributed by atoms with Gasteiger partial charge in [-0.1, -0.05) is 13.5 Å². The molecule has 1 aromatic heterocycles. The third-order valence-corrected chi connectivity index (χ3v) is 7.55. The number of halogens is 2. The monoisotopic (exact) mass is 504 g/mol. The highest BCUT2D eigenvalue weighted by Crippen LogP contribution is 2.23. The molecule has 1 fully saturated rings. The van der Waals surface area contributed by atoms with Gasteiger partial charge < -0.3 is 20.0 Å². The minimum atomic E-state index is -2.55. The van der Waals surface area contributed by atoms with Gasteiger partial charge in [-0.05, 0) is 70.7 Å². The van der Waals surface area contributed by atoms with Gasteiger partial charge >= 0.3 is 0 Å². The van der Waals surface area contributed by atoms with Crippen LogP contribution in [0.25, 0.3) is 0 Å². The number of aromatic nitrogens is 2. The lowest BCUT2D eigenvalue weighted by Gasteiger charge is -2.38. The summed E-state index contributed by atoms with van der Waals surface area (Å²) in [5.41, 5.74) is 3.49. The molecule has 6 nitrogen and oxygen atoms in total. The maximum atomic E-state index is 13.6. The minimum absolute atomic E-state index is 0.0486. The maximum absolute atomic E-state index is 13.6. The summed E-state index contributed by atoms with van der Waals surface area (Å²) in [6.07, 6.45) is 3.37. The molecule has 36 heavy (non-hydrogen) atoms. The van der Waals surface area contributed by atoms with E-state index in [0.717, 1.165) is 51.3 Å².